The Morgan fingerprint density at radius 2 is 1.81 bits per heavy atom. The molecule has 1 fully saturated rings. The molecule has 0 spiro atoms. The Balaban J connectivity index is 1.68. The highest BCUT2D eigenvalue weighted by atomic mass is 32.2. The van der Waals surface area contributed by atoms with E-state index in [2.05, 4.69) is 14.9 Å². The van der Waals surface area contributed by atoms with Gasteiger partial charge in [-0.25, -0.2) is 22.4 Å². The van der Waals surface area contributed by atoms with Crippen molar-refractivity contribution >= 4 is 32.7 Å². The van der Waals surface area contributed by atoms with E-state index in [0.717, 1.165) is 29.5 Å². The van der Waals surface area contributed by atoms with Crippen molar-refractivity contribution in [2.45, 2.75) is 43.0 Å². The zero-order valence-corrected chi connectivity index (χ0v) is 18.8. The summed E-state index contributed by atoms with van der Waals surface area (Å²) in [4.78, 5) is 11.5. The molecule has 7 nitrogen and oxygen atoms in total. The van der Waals surface area contributed by atoms with Gasteiger partial charge >= 0.3 is 0 Å². The second kappa shape index (κ2) is 8.43. The van der Waals surface area contributed by atoms with Crippen LogP contribution in [0.4, 0.5) is 0 Å². The van der Waals surface area contributed by atoms with Gasteiger partial charge < -0.3 is 9.64 Å². The Labute approximate surface area is 188 Å². The van der Waals surface area contributed by atoms with Crippen LogP contribution in [-0.2, 0) is 14.8 Å². The second-order valence-electron chi connectivity index (χ2n) is 8.16. The number of aliphatic imine (C=N–C) groups is 1. The largest absolute Gasteiger partial charge is 0.481 e. The van der Waals surface area contributed by atoms with E-state index >= 15 is 0 Å². The van der Waals surface area contributed by atoms with Crippen LogP contribution in [0.25, 0.3) is 16.7 Å². The van der Waals surface area contributed by atoms with Crippen molar-refractivity contribution in [1.29, 1.82) is 0 Å². The van der Waals surface area contributed by atoms with E-state index in [0.29, 0.717) is 24.3 Å². The van der Waals surface area contributed by atoms with E-state index in [1.54, 1.807) is 49.8 Å². The number of benzene rings is 1. The van der Waals surface area contributed by atoms with Crippen LogP contribution in [0, 0.1) is 0 Å². The third-order valence-corrected chi connectivity index (χ3v) is 7.95. The van der Waals surface area contributed by atoms with Gasteiger partial charge in [0, 0.05) is 35.5 Å². The van der Waals surface area contributed by atoms with E-state index in [4.69, 9.17) is 4.74 Å². The summed E-state index contributed by atoms with van der Waals surface area (Å²) in [5, 5.41) is 0.788. The van der Waals surface area contributed by atoms with Gasteiger partial charge in [-0.1, -0.05) is 37.5 Å². The molecule has 2 aliphatic rings. The van der Waals surface area contributed by atoms with E-state index in [1.165, 1.54) is 23.2 Å². The van der Waals surface area contributed by atoms with Crippen molar-refractivity contribution < 1.29 is 13.2 Å². The molecule has 3 aromatic rings. The van der Waals surface area contributed by atoms with Gasteiger partial charge in [-0.2, -0.15) is 0 Å². The first kappa shape index (κ1) is 20.8. The van der Waals surface area contributed by atoms with Crippen LogP contribution < -0.4 is 0 Å². The summed E-state index contributed by atoms with van der Waals surface area (Å²) in [6.07, 6.45) is 11.1. The number of rotatable bonds is 4. The SMILES string of the molecule is COC1=NCN(C2CCCCC2)C(c2cn(S(=O)(=O)c3ccccc3)c3ncccc23)=C1. The van der Waals surface area contributed by atoms with Gasteiger partial charge in [0.15, 0.2) is 5.65 Å². The maximum Gasteiger partial charge on any atom is 0.269 e. The molecule has 1 saturated carbocycles. The monoisotopic (exact) mass is 450 g/mol. The average Bonchev–Trinajstić information content (AvgIpc) is 3.25. The van der Waals surface area contributed by atoms with E-state index in [-0.39, 0.29) is 4.90 Å². The number of nitrogens with zero attached hydrogens (tertiary/aromatic N) is 4. The molecule has 3 heterocycles. The molecule has 1 aromatic carbocycles. The zero-order valence-electron chi connectivity index (χ0n) is 18.0. The highest BCUT2D eigenvalue weighted by molar-refractivity contribution is 7.90. The fraction of sp³-hybridized carbons (Fsp3) is 0.333. The lowest BCUT2D eigenvalue weighted by Crippen LogP contribution is -2.38. The molecule has 5 rings (SSSR count). The van der Waals surface area contributed by atoms with Gasteiger partial charge in [-0.15, -0.1) is 0 Å². The second-order valence-corrected chi connectivity index (χ2v) is 9.98. The van der Waals surface area contributed by atoms with Crippen LogP contribution in [0.3, 0.4) is 0 Å². The number of pyridine rings is 1. The van der Waals surface area contributed by atoms with E-state index in [9.17, 15) is 8.42 Å². The number of methoxy groups -OCH3 is 1. The summed E-state index contributed by atoms with van der Waals surface area (Å²) in [6, 6.07) is 12.6. The van der Waals surface area contributed by atoms with Crippen LogP contribution in [0.15, 0.2) is 70.8 Å². The summed E-state index contributed by atoms with van der Waals surface area (Å²) < 4.78 is 33.7. The van der Waals surface area contributed by atoms with Gasteiger partial charge in [0.1, 0.15) is 6.67 Å². The highest BCUT2D eigenvalue weighted by Gasteiger charge is 2.30. The quantitative estimate of drug-likeness (QED) is 0.593. The molecule has 0 radical (unpaired) electrons. The molecule has 166 valence electrons. The number of hydrogen-bond acceptors (Lipinski definition) is 6. The molecule has 0 bridgehead atoms. The van der Waals surface area contributed by atoms with Crippen LogP contribution in [0.1, 0.15) is 37.7 Å². The topological polar surface area (TPSA) is 76.8 Å². The lowest BCUT2D eigenvalue weighted by molar-refractivity contribution is 0.231. The Morgan fingerprint density at radius 1 is 1.03 bits per heavy atom. The van der Waals surface area contributed by atoms with Crippen molar-refractivity contribution in [3.05, 3.63) is 66.5 Å². The maximum absolute atomic E-state index is 13.5. The van der Waals surface area contributed by atoms with Crippen molar-refractivity contribution in [1.82, 2.24) is 13.9 Å². The Bertz CT molecular complexity index is 1290. The molecule has 0 unspecified atom stereocenters. The Morgan fingerprint density at radius 3 is 2.56 bits per heavy atom. The third-order valence-electron chi connectivity index (χ3n) is 6.28. The molecule has 1 aliphatic carbocycles. The first-order valence-electron chi connectivity index (χ1n) is 10.9. The number of aromatic nitrogens is 2. The summed E-state index contributed by atoms with van der Waals surface area (Å²) in [5.74, 6) is 0.544. The van der Waals surface area contributed by atoms with Crippen molar-refractivity contribution in [3.63, 3.8) is 0 Å². The van der Waals surface area contributed by atoms with Crippen molar-refractivity contribution in [2.75, 3.05) is 13.8 Å². The smallest absolute Gasteiger partial charge is 0.269 e. The van der Waals surface area contributed by atoms with Gasteiger partial charge in [0.2, 0.25) is 5.90 Å². The van der Waals surface area contributed by atoms with E-state index in [1.807, 2.05) is 18.2 Å². The molecule has 32 heavy (non-hydrogen) atoms. The molecule has 1 aliphatic heterocycles. The fourth-order valence-electron chi connectivity index (χ4n) is 4.65. The van der Waals surface area contributed by atoms with Gasteiger partial charge in [-0.3, -0.25) is 0 Å². The summed E-state index contributed by atoms with van der Waals surface area (Å²) in [6.45, 7) is 0.498. The van der Waals surface area contributed by atoms with Crippen LogP contribution in [0.5, 0.6) is 0 Å². The third kappa shape index (κ3) is 3.58. The normalized spacial score (nSPS) is 17.8. The summed E-state index contributed by atoms with van der Waals surface area (Å²) in [5.41, 5.74) is 2.17. The molecular formula is C24H26N4O3S. The highest BCUT2D eigenvalue weighted by Crippen LogP contribution is 2.36. The Hall–Kier alpha value is -3.13. The zero-order chi connectivity index (χ0) is 22.1. The molecule has 0 saturated heterocycles. The standard InChI is InChI=1S/C24H26N4O3S/c1-31-23-15-22(27(17-26-23)18-9-4-2-5-10-18)21-16-28(24-20(21)13-8-14-25-24)32(29,30)19-11-6-3-7-12-19/h3,6-8,11-16,18H,2,4-5,9-10,17H2,1H3. The van der Waals surface area contributed by atoms with E-state index < -0.39 is 10.0 Å². The minimum absolute atomic E-state index is 0.231. The predicted molar refractivity (Wildman–Crippen MR) is 125 cm³/mol. The van der Waals surface area contributed by atoms with Gasteiger partial charge in [0.05, 0.1) is 17.7 Å². The summed E-state index contributed by atoms with van der Waals surface area (Å²) >= 11 is 0. The number of hydrogen-bond donors (Lipinski definition) is 0. The first-order chi connectivity index (χ1) is 15.6. The van der Waals surface area contributed by atoms with Crippen molar-refractivity contribution in [3.8, 4) is 0 Å². The van der Waals surface area contributed by atoms with Gasteiger partial charge in [-0.05, 0) is 37.1 Å². The minimum Gasteiger partial charge on any atom is -0.481 e. The van der Waals surface area contributed by atoms with Crippen LogP contribution >= 0.6 is 0 Å². The number of fused-ring (bicyclic) bond motifs is 1. The molecule has 8 heteroatoms. The lowest BCUT2D eigenvalue weighted by Gasteiger charge is -2.38. The van der Waals surface area contributed by atoms with Crippen LogP contribution in [0.2, 0.25) is 0 Å². The summed E-state index contributed by atoms with van der Waals surface area (Å²) in [7, 11) is -2.19. The van der Waals surface area contributed by atoms with Gasteiger partial charge in [0.25, 0.3) is 10.0 Å². The average molecular weight is 451 g/mol. The molecule has 0 amide bonds. The molecule has 2 aromatic heterocycles. The Kier molecular flexibility index (Phi) is 5.46. The minimum atomic E-state index is -3.80. The number of ether oxygens (including phenoxy) is 1. The molecular weight excluding hydrogens is 424 g/mol. The molecule has 0 atom stereocenters. The lowest BCUT2D eigenvalue weighted by atomic mass is 9.93. The van der Waals surface area contributed by atoms with Crippen molar-refractivity contribution in [2.24, 2.45) is 4.99 Å². The first-order valence-corrected chi connectivity index (χ1v) is 12.4. The predicted octanol–water partition coefficient (Wildman–Crippen LogP) is 4.26. The van der Waals surface area contributed by atoms with Crippen LogP contribution in [-0.4, -0.2) is 48.0 Å². The maximum atomic E-state index is 13.5. The fourth-order valence-corrected chi connectivity index (χ4v) is 6.00. The molecule has 0 N–H and O–H groups in total.